The number of aliphatic hydroxyl groups excluding tert-OH is 1. The first-order valence-corrected chi connectivity index (χ1v) is 10.1. The van der Waals surface area contributed by atoms with Crippen LogP contribution in [0.5, 0.6) is 0 Å². The van der Waals surface area contributed by atoms with Crippen molar-refractivity contribution < 1.29 is 36.2 Å². The summed E-state index contributed by atoms with van der Waals surface area (Å²) in [4.78, 5) is 11.9. The largest absolute Gasteiger partial charge is 0.508 e. The number of halogens is 6. The molecule has 0 spiro atoms. The molecule has 164 valence electrons. The molecule has 0 fully saturated rings. The van der Waals surface area contributed by atoms with Crippen molar-refractivity contribution in [2.45, 2.75) is 20.8 Å². The molecule has 0 saturated heterocycles. The lowest BCUT2D eigenvalue weighted by Crippen LogP contribution is -1.98. The lowest BCUT2D eigenvalue weighted by atomic mass is 10.2. The molecular weight excluding hydrogens is 462 g/mol. The van der Waals surface area contributed by atoms with Gasteiger partial charge in [0.15, 0.2) is 5.78 Å². The first kappa shape index (κ1) is 24.7. The fraction of sp³-hybridized carbons (Fsp3) is 0.0952. The standard InChI is InChI=1S/C21H14F6O2S2/c22-20(23,24)30-18-9-3-14(4-10-18)1-7-16(28)13-17(29)8-2-15-5-11-19(12-6-15)31-21(25,26)27/h1-13,28H/b7-1+,8-2+,16-13+. The molecule has 10 heteroatoms. The zero-order valence-electron chi connectivity index (χ0n) is 15.4. The summed E-state index contributed by atoms with van der Waals surface area (Å²) in [5, 5.41) is 9.79. The molecule has 0 saturated carbocycles. The van der Waals surface area contributed by atoms with Crippen LogP contribution in [0.15, 0.2) is 82.3 Å². The van der Waals surface area contributed by atoms with Crippen molar-refractivity contribution in [2.75, 3.05) is 0 Å². The summed E-state index contributed by atoms with van der Waals surface area (Å²) in [6, 6.07) is 10.8. The predicted molar refractivity (Wildman–Crippen MR) is 110 cm³/mol. The minimum atomic E-state index is -4.38. The van der Waals surface area contributed by atoms with E-state index in [2.05, 4.69) is 0 Å². The quantitative estimate of drug-likeness (QED) is 0.146. The highest BCUT2D eigenvalue weighted by molar-refractivity contribution is 8.00. The predicted octanol–water partition coefficient (Wildman–Crippen LogP) is 7.65. The maximum absolute atomic E-state index is 12.3. The zero-order valence-corrected chi connectivity index (χ0v) is 17.1. The molecule has 0 unspecified atom stereocenters. The van der Waals surface area contributed by atoms with Gasteiger partial charge in [0.1, 0.15) is 5.76 Å². The van der Waals surface area contributed by atoms with Crippen molar-refractivity contribution in [1.29, 1.82) is 0 Å². The number of benzene rings is 2. The van der Waals surface area contributed by atoms with Crippen LogP contribution in [0.1, 0.15) is 11.1 Å². The molecule has 1 N–H and O–H groups in total. The number of carbonyl (C=O) groups is 1. The molecule has 0 aromatic heterocycles. The zero-order chi connectivity index (χ0) is 23.1. The second-order valence-corrected chi connectivity index (χ2v) is 8.15. The van der Waals surface area contributed by atoms with E-state index in [0.717, 1.165) is 12.2 Å². The molecule has 0 aliphatic heterocycles. The number of aliphatic hydroxyl groups is 1. The van der Waals surface area contributed by atoms with E-state index < -0.39 is 16.8 Å². The van der Waals surface area contributed by atoms with Gasteiger partial charge in [0.05, 0.1) is 0 Å². The lowest BCUT2D eigenvalue weighted by Gasteiger charge is -2.05. The van der Waals surface area contributed by atoms with Gasteiger partial charge in [0.2, 0.25) is 0 Å². The monoisotopic (exact) mass is 476 g/mol. The van der Waals surface area contributed by atoms with Crippen LogP contribution >= 0.6 is 23.5 Å². The number of ketones is 1. The third kappa shape index (κ3) is 10.3. The first-order valence-electron chi connectivity index (χ1n) is 8.42. The van der Waals surface area contributed by atoms with Crippen molar-refractivity contribution >= 4 is 41.5 Å². The number of hydrogen-bond acceptors (Lipinski definition) is 4. The van der Waals surface area contributed by atoms with Crippen LogP contribution in [0.4, 0.5) is 26.3 Å². The van der Waals surface area contributed by atoms with Crippen LogP contribution in [0.25, 0.3) is 12.2 Å². The van der Waals surface area contributed by atoms with Crippen molar-refractivity contribution in [2.24, 2.45) is 0 Å². The summed E-state index contributed by atoms with van der Waals surface area (Å²) >= 11 is -0.483. The van der Waals surface area contributed by atoms with E-state index in [9.17, 15) is 36.2 Å². The summed E-state index contributed by atoms with van der Waals surface area (Å²) in [6.45, 7) is 0. The molecule has 0 heterocycles. The average molecular weight is 476 g/mol. The Balaban J connectivity index is 1.93. The van der Waals surface area contributed by atoms with E-state index in [-0.39, 0.29) is 39.1 Å². The van der Waals surface area contributed by atoms with Crippen molar-refractivity contribution in [3.05, 3.63) is 83.6 Å². The van der Waals surface area contributed by atoms with E-state index in [1.165, 1.54) is 66.8 Å². The summed E-state index contributed by atoms with van der Waals surface area (Å²) < 4.78 is 73.8. The Labute approximate surface area is 182 Å². The Morgan fingerprint density at radius 2 is 1.10 bits per heavy atom. The number of carbonyl (C=O) groups excluding carboxylic acids is 1. The smallest absolute Gasteiger partial charge is 0.446 e. The van der Waals surface area contributed by atoms with Gasteiger partial charge in [0, 0.05) is 15.9 Å². The summed E-state index contributed by atoms with van der Waals surface area (Å²) in [7, 11) is 0. The number of alkyl halides is 6. The average Bonchev–Trinajstić information content (AvgIpc) is 2.64. The van der Waals surface area contributed by atoms with Gasteiger partial charge < -0.3 is 5.11 Å². The van der Waals surface area contributed by atoms with Crippen molar-refractivity contribution in [3.63, 3.8) is 0 Å². The van der Waals surface area contributed by atoms with Crippen LogP contribution in [-0.2, 0) is 4.79 Å². The molecule has 0 radical (unpaired) electrons. The van der Waals surface area contributed by atoms with Crippen LogP contribution in [-0.4, -0.2) is 21.9 Å². The van der Waals surface area contributed by atoms with E-state index in [4.69, 9.17) is 0 Å². The van der Waals surface area contributed by atoms with Crippen LogP contribution in [0, 0.1) is 0 Å². The third-order valence-corrected chi connectivity index (χ3v) is 4.88. The molecule has 0 bridgehead atoms. The second-order valence-electron chi connectivity index (χ2n) is 5.87. The Hall–Kier alpha value is -2.59. The van der Waals surface area contributed by atoms with Crippen molar-refractivity contribution in [1.82, 2.24) is 0 Å². The normalized spacial score (nSPS) is 13.3. The first-order chi connectivity index (χ1) is 14.4. The number of rotatable bonds is 7. The molecule has 2 rings (SSSR count). The van der Waals surface area contributed by atoms with Crippen molar-refractivity contribution in [3.8, 4) is 0 Å². The van der Waals surface area contributed by atoms with Gasteiger partial charge in [-0.2, -0.15) is 26.3 Å². The van der Waals surface area contributed by atoms with Gasteiger partial charge in [-0.25, -0.2) is 0 Å². The van der Waals surface area contributed by atoms with E-state index in [1.807, 2.05) is 0 Å². The van der Waals surface area contributed by atoms with Crippen LogP contribution in [0.3, 0.4) is 0 Å². The molecular formula is C21H14F6O2S2. The van der Waals surface area contributed by atoms with Gasteiger partial charge in [-0.1, -0.05) is 36.4 Å². The summed E-state index contributed by atoms with van der Waals surface area (Å²) in [5.74, 6) is -0.937. The topological polar surface area (TPSA) is 37.3 Å². The molecule has 2 aromatic rings. The lowest BCUT2D eigenvalue weighted by molar-refractivity contribution is -0.110. The fourth-order valence-electron chi connectivity index (χ4n) is 2.16. The maximum atomic E-state index is 12.3. The highest BCUT2D eigenvalue weighted by Crippen LogP contribution is 2.37. The number of allylic oxidation sites excluding steroid dienone is 3. The highest BCUT2D eigenvalue weighted by Gasteiger charge is 2.29. The molecule has 0 atom stereocenters. The SMILES string of the molecule is O=C(/C=C/c1ccc(SC(F)(F)F)cc1)/C=C(O)\C=C\c1ccc(SC(F)(F)F)cc1. The molecule has 0 aliphatic carbocycles. The number of thioether (sulfide) groups is 2. The number of hydrogen-bond donors (Lipinski definition) is 1. The van der Waals surface area contributed by atoms with Gasteiger partial charge in [-0.05, 0) is 71.1 Å². The molecule has 2 aromatic carbocycles. The van der Waals surface area contributed by atoms with Gasteiger partial charge in [-0.3, -0.25) is 4.79 Å². The van der Waals surface area contributed by atoms with Gasteiger partial charge in [-0.15, -0.1) is 0 Å². The summed E-state index contributed by atoms with van der Waals surface area (Å²) in [5.41, 5.74) is -7.74. The summed E-state index contributed by atoms with van der Waals surface area (Å²) in [6.07, 6.45) is 6.07. The van der Waals surface area contributed by atoms with Gasteiger partial charge >= 0.3 is 11.0 Å². The minimum Gasteiger partial charge on any atom is -0.508 e. The highest BCUT2D eigenvalue weighted by atomic mass is 32.2. The van der Waals surface area contributed by atoms with Gasteiger partial charge in [0.25, 0.3) is 0 Å². The van der Waals surface area contributed by atoms with E-state index >= 15 is 0 Å². The Morgan fingerprint density at radius 3 is 1.48 bits per heavy atom. The Bertz CT molecular complexity index is 973. The Morgan fingerprint density at radius 1 is 0.710 bits per heavy atom. The molecule has 0 aliphatic rings. The van der Waals surface area contributed by atoms with E-state index in [0.29, 0.717) is 11.1 Å². The maximum Gasteiger partial charge on any atom is 0.446 e. The van der Waals surface area contributed by atoms with Crippen LogP contribution in [0.2, 0.25) is 0 Å². The third-order valence-electron chi connectivity index (χ3n) is 3.40. The van der Waals surface area contributed by atoms with Crippen LogP contribution < -0.4 is 0 Å². The second kappa shape index (κ2) is 10.6. The molecule has 2 nitrogen and oxygen atoms in total. The molecule has 31 heavy (non-hydrogen) atoms. The fourth-order valence-corrected chi connectivity index (χ4v) is 3.24. The molecule has 0 amide bonds. The minimum absolute atomic E-state index is 0.0173. The van der Waals surface area contributed by atoms with E-state index in [1.54, 1.807) is 0 Å². The Kier molecular flexibility index (Phi) is 8.46.